The van der Waals surface area contributed by atoms with E-state index >= 15 is 0 Å². The van der Waals surface area contributed by atoms with Crippen LogP contribution in [0.3, 0.4) is 0 Å². The summed E-state index contributed by atoms with van der Waals surface area (Å²) in [6.45, 7) is 0. The molecule has 1 aliphatic heterocycles. The Balaban J connectivity index is 1.66. The van der Waals surface area contributed by atoms with Crippen LogP contribution in [0.25, 0.3) is 12.2 Å². The van der Waals surface area contributed by atoms with Gasteiger partial charge in [-0.25, -0.2) is 0 Å². The first-order chi connectivity index (χ1) is 11.3. The SMILES string of the molecule is CN1c2ccccc2Sc2cc(/C=C/c3ccccc3)ccc21. The standard InChI is InChI=1S/C21H17NS/c1-22-18-9-5-6-10-20(18)23-21-15-17(13-14-19(21)22)12-11-16-7-3-2-4-8-16/h2-15H,1H3/b12-11+. The zero-order chi connectivity index (χ0) is 15.6. The lowest BCUT2D eigenvalue weighted by Crippen LogP contribution is -2.14. The zero-order valence-electron chi connectivity index (χ0n) is 12.9. The van der Waals surface area contributed by atoms with E-state index in [1.807, 2.05) is 17.8 Å². The molecule has 1 aliphatic rings. The molecule has 4 rings (SSSR count). The third-order valence-corrected chi connectivity index (χ3v) is 5.17. The minimum absolute atomic E-state index is 1.22. The minimum atomic E-state index is 1.22. The quantitative estimate of drug-likeness (QED) is 0.526. The fraction of sp³-hybridized carbons (Fsp3) is 0.0476. The van der Waals surface area contributed by atoms with E-state index in [1.165, 1.54) is 32.3 Å². The van der Waals surface area contributed by atoms with E-state index in [1.54, 1.807) is 0 Å². The molecule has 3 aromatic rings. The summed E-state index contributed by atoms with van der Waals surface area (Å²) in [4.78, 5) is 4.89. The molecule has 0 saturated heterocycles. The Kier molecular flexibility index (Phi) is 3.68. The van der Waals surface area contributed by atoms with E-state index in [9.17, 15) is 0 Å². The molecule has 0 aromatic heterocycles. The number of rotatable bonds is 2. The second-order valence-corrected chi connectivity index (χ2v) is 6.68. The Hall–Kier alpha value is -2.45. The Bertz CT molecular complexity index is 868. The molecule has 1 heterocycles. The maximum atomic E-state index is 2.27. The first kappa shape index (κ1) is 14.2. The number of fused-ring (bicyclic) bond motifs is 2. The lowest BCUT2D eigenvalue weighted by Gasteiger charge is -2.29. The van der Waals surface area contributed by atoms with Crippen LogP contribution in [0.5, 0.6) is 0 Å². The molecular weight excluding hydrogens is 298 g/mol. The van der Waals surface area contributed by atoms with Crippen molar-refractivity contribution in [3.05, 3.63) is 83.9 Å². The van der Waals surface area contributed by atoms with Gasteiger partial charge in [-0.3, -0.25) is 0 Å². The second-order valence-electron chi connectivity index (χ2n) is 5.60. The normalized spacial score (nSPS) is 13.0. The topological polar surface area (TPSA) is 3.24 Å². The van der Waals surface area contributed by atoms with Crippen LogP contribution in [0, 0.1) is 0 Å². The summed E-state index contributed by atoms with van der Waals surface area (Å²) in [5, 5.41) is 0. The summed E-state index contributed by atoms with van der Waals surface area (Å²) in [6, 6.07) is 25.6. The maximum absolute atomic E-state index is 2.27. The minimum Gasteiger partial charge on any atom is -0.343 e. The molecule has 23 heavy (non-hydrogen) atoms. The monoisotopic (exact) mass is 315 g/mol. The van der Waals surface area contributed by atoms with Crippen LogP contribution in [0.4, 0.5) is 11.4 Å². The van der Waals surface area contributed by atoms with Crippen LogP contribution in [0.2, 0.25) is 0 Å². The van der Waals surface area contributed by atoms with E-state index < -0.39 is 0 Å². The van der Waals surface area contributed by atoms with Crippen LogP contribution in [-0.4, -0.2) is 7.05 Å². The zero-order valence-corrected chi connectivity index (χ0v) is 13.8. The fourth-order valence-electron chi connectivity index (χ4n) is 2.82. The van der Waals surface area contributed by atoms with E-state index in [0.29, 0.717) is 0 Å². The first-order valence-corrected chi connectivity index (χ1v) is 8.51. The van der Waals surface area contributed by atoms with Crippen molar-refractivity contribution >= 4 is 35.3 Å². The Labute approximate surface area is 141 Å². The summed E-state index contributed by atoms with van der Waals surface area (Å²) in [5.41, 5.74) is 5.00. The molecule has 3 aromatic carbocycles. The molecule has 112 valence electrons. The first-order valence-electron chi connectivity index (χ1n) is 7.69. The molecule has 0 bridgehead atoms. The van der Waals surface area contributed by atoms with Gasteiger partial charge in [-0.15, -0.1) is 0 Å². The summed E-state index contributed by atoms with van der Waals surface area (Å²) < 4.78 is 0. The average Bonchev–Trinajstić information content (AvgIpc) is 2.61. The molecule has 0 unspecified atom stereocenters. The predicted molar refractivity (Wildman–Crippen MR) is 100 cm³/mol. The van der Waals surface area contributed by atoms with Crippen molar-refractivity contribution in [3.63, 3.8) is 0 Å². The highest BCUT2D eigenvalue weighted by molar-refractivity contribution is 7.99. The van der Waals surface area contributed by atoms with Gasteiger partial charge >= 0.3 is 0 Å². The molecule has 0 N–H and O–H groups in total. The molecule has 0 atom stereocenters. The van der Waals surface area contributed by atoms with Gasteiger partial charge in [0.25, 0.3) is 0 Å². The Morgan fingerprint density at radius 1 is 0.696 bits per heavy atom. The fourth-order valence-corrected chi connectivity index (χ4v) is 4.02. The van der Waals surface area contributed by atoms with Crippen LogP contribution in [0.1, 0.15) is 11.1 Å². The Morgan fingerprint density at radius 2 is 1.39 bits per heavy atom. The molecule has 0 aliphatic carbocycles. The van der Waals surface area contributed by atoms with E-state index in [2.05, 4.69) is 90.8 Å². The summed E-state index contributed by atoms with van der Waals surface area (Å²) >= 11 is 1.85. The third-order valence-electron chi connectivity index (χ3n) is 4.06. The van der Waals surface area contributed by atoms with Crippen molar-refractivity contribution in [3.8, 4) is 0 Å². The highest BCUT2D eigenvalue weighted by atomic mass is 32.2. The van der Waals surface area contributed by atoms with Crippen LogP contribution in [-0.2, 0) is 0 Å². The summed E-state index contributed by atoms with van der Waals surface area (Å²) in [6.07, 6.45) is 4.34. The lowest BCUT2D eigenvalue weighted by molar-refractivity contribution is 1.11. The van der Waals surface area contributed by atoms with Crippen molar-refractivity contribution in [2.45, 2.75) is 9.79 Å². The average molecular weight is 315 g/mol. The van der Waals surface area contributed by atoms with Gasteiger partial charge in [-0.2, -0.15) is 0 Å². The smallest absolute Gasteiger partial charge is 0.0550 e. The highest BCUT2D eigenvalue weighted by Gasteiger charge is 2.19. The number of benzene rings is 3. The predicted octanol–water partition coefficient (Wildman–Crippen LogP) is 6.09. The van der Waals surface area contributed by atoms with Crippen molar-refractivity contribution in [2.24, 2.45) is 0 Å². The number of hydrogen-bond donors (Lipinski definition) is 0. The van der Waals surface area contributed by atoms with E-state index in [4.69, 9.17) is 0 Å². The molecule has 1 nitrogen and oxygen atoms in total. The molecule has 0 fully saturated rings. The maximum Gasteiger partial charge on any atom is 0.0550 e. The summed E-state index contributed by atoms with van der Waals surface area (Å²) in [5.74, 6) is 0. The second kappa shape index (κ2) is 5.98. The van der Waals surface area contributed by atoms with E-state index in [-0.39, 0.29) is 0 Å². The van der Waals surface area contributed by atoms with Crippen molar-refractivity contribution in [1.82, 2.24) is 0 Å². The molecule has 2 heteroatoms. The molecule has 0 radical (unpaired) electrons. The van der Waals surface area contributed by atoms with Gasteiger partial charge in [0.1, 0.15) is 0 Å². The summed E-state index contributed by atoms with van der Waals surface area (Å²) in [7, 11) is 2.14. The molecule has 0 amide bonds. The third kappa shape index (κ3) is 2.78. The number of para-hydroxylation sites is 1. The van der Waals surface area contributed by atoms with Gasteiger partial charge in [0.15, 0.2) is 0 Å². The molecule has 0 spiro atoms. The number of hydrogen-bond acceptors (Lipinski definition) is 2. The number of nitrogens with zero attached hydrogens (tertiary/aromatic N) is 1. The van der Waals surface area contributed by atoms with Crippen molar-refractivity contribution in [1.29, 1.82) is 0 Å². The van der Waals surface area contributed by atoms with Crippen molar-refractivity contribution < 1.29 is 0 Å². The van der Waals surface area contributed by atoms with Gasteiger partial charge in [0.05, 0.1) is 11.4 Å². The van der Waals surface area contributed by atoms with E-state index in [0.717, 1.165) is 0 Å². The van der Waals surface area contributed by atoms with Crippen molar-refractivity contribution in [2.75, 3.05) is 11.9 Å². The highest BCUT2D eigenvalue weighted by Crippen LogP contribution is 2.47. The van der Waals surface area contributed by atoms with Gasteiger partial charge in [-0.05, 0) is 35.4 Å². The van der Waals surface area contributed by atoms with Gasteiger partial charge in [0, 0.05) is 16.8 Å². The number of anilines is 2. The van der Waals surface area contributed by atoms with Crippen LogP contribution >= 0.6 is 11.8 Å². The van der Waals surface area contributed by atoms with Gasteiger partial charge < -0.3 is 4.90 Å². The van der Waals surface area contributed by atoms with Crippen LogP contribution < -0.4 is 4.90 Å². The lowest BCUT2D eigenvalue weighted by atomic mass is 10.1. The Morgan fingerprint density at radius 3 is 2.26 bits per heavy atom. The van der Waals surface area contributed by atoms with Crippen LogP contribution in [0.15, 0.2) is 82.6 Å². The molecular formula is C21H17NS. The molecule has 0 saturated carbocycles. The van der Waals surface area contributed by atoms with Gasteiger partial charge in [0.2, 0.25) is 0 Å². The largest absolute Gasteiger partial charge is 0.343 e. The van der Waals surface area contributed by atoms with Gasteiger partial charge in [-0.1, -0.05) is 72.4 Å².